The predicted octanol–water partition coefficient (Wildman–Crippen LogP) is 2.33. The Morgan fingerprint density at radius 1 is 1.05 bits per heavy atom. The van der Waals surface area contributed by atoms with Gasteiger partial charge in [0.25, 0.3) is 0 Å². The first-order chi connectivity index (χ1) is 9.35. The lowest BCUT2D eigenvalue weighted by atomic mass is 10.1. The van der Waals surface area contributed by atoms with Crippen molar-refractivity contribution in [3.05, 3.63) is 29.8 Å². The summed E-state index contributed by atoms with van der Waals surface area (Å²) in [6, 6.07) is 8.83. The third kappa shape index (κ3) is 3.95. The minimum absolute atomic E-state index is 0.984. The van der Waals surface area contributed by atoms with E-state index in [0.29, 0.717) is 0 Å². The quantitative estimate of drug-likeness (QED) is 0.793. The summed E-state index contributed by atoms with van der Waals surface area (Å²) in [6.07, 6.45) is 1.19. The first-order valence-corrected chi connectivity index (χ1v) is 7.61. The molecule has 1 aliphatic rings. The summed E-state index contributed by atoms with van der Waals surface area (Å²) in [5.74, 6) is 0. The fraction of sp³-hybridized carbons (Fsp3) is 0.625. The minimum atomic E-state index is 0.984. The highest BCUT2D eigenvalue weighted by Crippen LogP contribution is 2.21. The Kier molecular flexibility index (Phi) is 5.67. The Labute approximate surface area is 117 Å². The van der Waals surface area contributed by atoms with E-state index in [2.05, 4.69) is 53.2 Å². The number of para-hydroxylation sites is 1. The molecule has 106 valence electrons. The summed E-state index contributed by atoms with van der Waals surface area (Å²) in [5, 5.41) is 3.51. The van der Waals surface area contributed by atoms with Crippen molar-refractivity contribution in [1.29, 1.82) is 0 Å². The van der Waals surface area contributed by atoms with Crippen LogP contribution in [0.2, 0.25) is 0 Å². The van der Waals surface area contributed by atoms with Gasteiger partial charge in [0.15, 0.2) is 0 Å². The van der Waals surface area contributed by atoms with E-state index < -0.39 is 0 Å². The molecular weight excluding hydrogens is 234 g/mol. The van der Waals surface area contributed by atoms with Crippen LogP contribution in [0.1, 0.15) is 25.8 Å². The maximum absolute atomic E-state index is 3.51. The number of anilines is 1. The van der Waals surface area contributed by atoms with Crippen molar-refractivity contribution >= 4 is 5.69 Å². The van der Waals surface area contributed by atoms with Crippen LogP contribution in [0.25, 0.3) is 0 Å². The first-order valence-electron chi connectivity index (χ1n) is 7.61. The van der Waals surface area contributed by atoms with Crippen LogP contribution in [0.5, 0.6) is 0 Å². The lowest BCUT2D eigenvalue weighted by molar-refractivity contribution is 0.271. The molecule has 1 heterocycles. The molecule has 0 aliphatic carbocycles. The monoisotopic (exact) mass is 261 g/mol. The second-order valence-electron chi connectivity index (χ2n) is 5.23. The number of piperazine rings is 1. The molecule has 1 aliphatic heterocycles. The van der Waals surface area contributed by atoms with Gasteiger partial charge in [-0.2, -0.15) is 0 Å². The molecule has 0 unspecified atom stereocenters. The van der Waals surface area contributed by atoms with Crippen LogP contribution in [-0.2, 0) is 6.54 Å². The molecule has 1 N–H and O–H groups in total. The van der Waals surface area contributed by atoms with E-state index in [1.165, 1.54) is 37.3 Å². The third-order valence-electron chi connectivity index (χ3n) is 3.89. The Morgan fingerprint density at radius 3 is 2.47 bits per heavy atom. The van der Waals surface area contributed by atoms with Crippen LogP contribution in [0, 0.1) is 0 Å². The van der Waals surface area contributed by atoms with Crippen LogP contribution in [-0.4, -0.2) is 44.2 Å². The van der Waals surface area contributed by atoms with Crippen molar-refractivity contribution < 1.29 is 0 Å². The van der Waals surface area contributed by atoms with Crippen LogP contribution >= 0.6 is 0 Å². The second kappa shape index (κ2) is 7.51. The standard InChI is InChI=1S/C16H27N3/c1-3-9-17-14-15-7-5-6-8-16(15)19-12-10-18(4-2)11-13-19/h5-8,17H,3-4,9-14H2,1-2H3. The van der Waals surface area contributed by atoms with Crippen molar-refractivity contribution in [2.75, 3.05) is 44.2 Å². The van der Waals surface area contributed by atoms with Gasteiger partial charge in [0.2, 0.25) is 0 Å². The molecule has 1 fully saturated rings. The molecule has 0 aromatic heterocycles. The van der Waals surface area contributed by atoms with Gasteiger partial charge < -0.3 is 15.1 Å². The number of benzene rings is 1. The number of rotatable bonds is 6. The van der Waals surface area contributed by atoms with E-state index in [-0.39, 0.29) is 0 Å². The van der Waals surface area contributed by atoms with Gasteiger partial charge in [-0.3, -0.25) is 0 Å². The highest BCUT2D eigenvalue weighted by Gasteiger charge is 2.17. The van der Waals surface area contributed by atoms with Crippen LogP contribution < -0.4 is 10.2 Å². The van der Waals surface area contributed by atoms with Crippen LogP contribution in [0.4, 0.5) is 5.69 Å². The largest absolute Gasteiger partial charge is 0.369 e. The smallest absolute Gasteiger partial charge is 0.0412 e. The van der Waals surface area contributed by atoms with Crippen LogP contribution in [0.3, 0.4) is 0 Å². The van der Waals surface area contributed by atoms with Crippen molar-refractivity contribution in [2.45, 2.75) is 26.8 Å². The van der Waals surface area contributed by atoms with Gasteiger partial charge in [-0.1, -0.05) is 32.0 Å². The molecule has 0 atom stereocenters. The van der Waals surface area contributed by atoms with Crippen molar-refractivity contribution in [3.8, 4) is 0 Å². The zero-order chi connectivity index (χ0) is 13.5. The first kappa shape index (κ1) is 14.4. The van der Waals surface area contributed by atoms with Gasteiger partial charge in [0, 0.05) is 38.4 Å². The number of likely N-dealkylation sites (N-methyl/N-ethyl adjacent to an activating group) is 1. The van der Waals surface area contributed by atoms with E-state index >= 15 is 0 Å². The minimum Gasteiger partial charge on any atom is -0.369 e. The molecule has 19 heavy (non-hydrogen) atoms. The zero-order valence-corrected chi connectivity index (χ0v) is 12.4. The highest BCUT2D eigenvalue weighted by molar-refractivity contribution is 5.54. The molecule has 3 nitrogen and oxygen atoms in total. The zero-order valence-electron chi connectivity index (χ0n) is 12.4. The lowest BCUT2D eigenvalue weighted by Crippen LogP contribution is -2.46. The summed E-state index contributed by atoms with van der Waals surface area (Å²) >= 11 is 0. The molecule has 1 aromatic carbocycles. The van der Waals surface area contributed by atoms with Gasteiger partial charge in [-0.05, 0) is 31.1 Å². The van der Waals surface area contributed by atoms with E-state index in [1.807, 2.05) is 0 Å². The van der Waals surface area contributed by atoms with Gasteiger partial charge in [-0.15, -0.1) is 0 Å². The van der Waals surface area contributed by atoms with Crippen molar-refractivity contribution in [1.82, 2.24) is 10.2 Å². The fourth-order valence-electron chi connectivity index (χ4n) is 2.67. The molecule has 0 spiro atoms. The van der Waals surface area contributed by atoms with E-state index in [0.717, 1.165) is 26.2 Å². The average molecular weight is 261 g/mol. The molecule has 0 bridgehead atoms. The summed E-state index contributed by atoms with van der Waals surface area (Å²) < 4.78 is 0. The van der Waals surface area contributed by atoms with Gasteiger partial charge in [0.05, 0.1) is 0 Å². The number of nitrogens with zero attached hydrogens (tertiary/aromatic N) is 2. The van der Waals surface area contributed by atoms with Crippen molar-refractivity contribution in [2.24, 2.45) is 0 Å². The fourth-order valence-corrected chi connectivity index (χ4v) is 2.67. The summed E-state index contributed by atoms with van der Waals surface area (Å²) in [6.45, 7) is 12.4. The third-order valence-corrected chi connectivity index (χ3v) is 3.89. The summed E-state index contributed by atoms with van der Waals surface area (Å²) in [4.78, 5) is 5.06. The molecule has 1 saturated heterocycles. The number of nitrogens with one attached hydrogen (secondary N) is 1. The number of hydrogen-bond acceptors (Lipinski definition) is 3. The Hall–Kier alpha value is -1.06. The maximum Gasteiger partial charge on any atom is 0.0412 e. The SMILES string of the molecule is CCCNCc1ccccc1N1CCN(CC)CC1. The van der Waals surface area contributed by atoms with E-state index in [9.17, 15) is 0 Å². The van der Waals surface area contributed by atoms with Crippen LogP contribution in [0.15, 0.2) is 24.3 Å². The van der Waals surface area contributed by atoms with Gasteiger partial charge in [-0.25, -0.2) is 0 Å². The summed E-state index contributed by atoms with van der Waals surface area (Å²) in [7, 11) is 0. The van der Waals surface area contributed by atoms with Gasteiger partial charge >= 0.3 is 0 Å². The summed E-state index contributed by atoms with van der Waals surface area (Å²) in [5.41, 5.74) is 2.85. The van der Waals surface area contributed by atoms with E-state index in [1.54, 1.807) is 0 Å². The van der Waals surface area contributed by atoms with Gasteiger partial charge in [0.1, 0.15) is 0 Å². The van der Waals surface area contributed by atoms with Crippen molar-refractivity contribution in [3.63, 3.8) is 0 Å². The Balaban J connectivity index is 1.99. The predicted molar refractivity (Wildman–Crippen MR) is 82.8 cm³/mol. The normalized spacial score (nSPS) is 16.8. The highest BCUT2D eigenvalue weighted by atomic mass is 15.3. The molecule has 0 radical (unpaired) electrons. The molecule has 3 heteroatoms. The molecule has 2 rings (SSSR count). The molecular formula is C16H27N3. The molecule has 0 amide bonds. The Morgan fingerprint density at radius 2 is 1.79 bits per heavy atom. The molecule has 0 saturated carbocycles. The van der Waals surface area contributed by atoms with E-state index in [4.69, 9.17) is 0 Å². The Bertz CT molecular complexity index is 370. The average Bonchev–Trinajstić information content (AvgIpc) is 2.48. The second-order valence-corrected chi connectivity index (χ2v) is 5.23. The topological polar surface area (TPSA) is 18.5 Å². The lowest BCUT2D eigenvalue weighted by Gasteiger charge is -2.36. The maximum atomic E-state index is 3.51. The molecule has 1 aromatic rings. The number of hydrogen-bond donors (Lipinski definition) is 1.